The summed E-state index contributed by atoms with van der Waals surface area (Å²) < 4.78 is 10.7. The number of aromatic nitrogens is 1. The molecule has 0 amide bonds. The van der Waals surface area contributed by atoms with Crippen LogP contribution in [0.2, 0.25) is 0 Å². The minimum Gasteiger partial charge on any atom is -0.383 e. The van der Waals surface area contributed by atoms with Gasteiger partial charge < -0.3 is 14.8 Å². The Hall–Kier alpha value is -0.490. The van der Waals surface area contributed by atoms with Gasteiger partial charge in [-0.05, 0) is 12.8 Å². The van der Waals surface area contributed by atoms with Crippen molar-refractivity contribution < 1.29 is 9.47 Å². The van der Waals surface area contributed by atoms with Crippen molar-refractivity contribution in [3.05, 3.63) is 16.1 Å². The zero-order chi connectivity index (χ0) is 14.6. The maximum Gasteiger partial charge on any atom is 0.113 e. The number of thiazole rings is 1. The van der Waals surface area contributed by atoms with Gasteiger partial charge in [0.1, 0.15) is 5.01 Å². The van der Waals surface area contributed by atoms with Gasteiger partial charge in [0.05, 0.1) is 17.8 Å². The Morgan fingerprint density at radius 3 is 2.65 bits per heavy atom. The molecule has 114 valence electrons. The smallest absolute Gasteiger partial charge is 0.113 e. The van der Waals surface area contributed by atoms with Gasteiger partial charge in [0.2, 0.25) is 0 Å². The third kappa shape index (κ3) is 3.58. The highest BCUT2D eigenvalue weighted by atomic mass is 32.1. The fourth-order valence-corrected chi connectivity index (χ4v) is 3.70. The molecule has 2 heterocycles. The number of rotatable bonds is 5. The molecule has 4 nitrogen and oxygen atoms in total. The fourth-order valence-electron chi connectivity index (χ4n) is 2.42. The number of ether oxygens (including phenoxy) is 2. The first-order chi connectivity index (χ1) is 9.48. The van der Waals surface area contributed by atoms with E-state index in [1.165, 1.54) is 10.7 Å². The largest absolute Gasteiger partial charge is 0.383 e. The molecule has 0 aromatic carbocycles. The van der Waals surface area contributed by atoms with E-state index in [9.17, 15) is 0 Å². The monoisotopic (exact) mass is 298 g/mol. The Morgan fingerprint density at radius 1 is 1.40 bits per heavy atom. The average Bonchev–Trinajstić information content (AvgIpc) is 2.90. The number of methoxy groups -OCH3 is 1. The molecule has 0 saturated carbocycles. The van der Waals surface area contributed by atoms with Crippen molar-refractivity contribution in [1.29, 1.82) is 0 Å². The third-order valence-corrected chi connectivity index (χ3v) is 4.84. The molecule has 0 atom stereocenters. The molecule has 1 aromatic rings. The second kappa shape index (κ2) is 6.52. The van der Waals surface area contributed by atoms with Crippen LogP contribution in [0.4, 0.5) is 0 Å². The highest BCUT2D eigenvalue weighted by molar-refractivity contribution is 7.09. The summed E-state index contributed by atoms with van der Waals surface area (Å²) in [6.45, 7) is 9.79. The zero-order valence-electron chi connectivity index (χ0n) is 13.0. The van der Waals surface area contributed by atoms with Crippen LogP contribution < -0.4 is 5.32 Å². The molecule has 0 unspecified atom stereocenters. The van der Waals surface area contributed by atoms with E-state index in [0.717, 1.165) is 39.2 Å². The molecule has 0 bridgehead atoms. The van der Waals surface area contributed by atoms with Crippen LogP contribution in [0.3, 0.4) is 0 Å². The summed E-state index contributed by atoms with van der Waals surface area (Å²) in [7, 11) is 1.74. The summed E-state index contributed by atoms with van der Waals surface area (Å²) in [6.07, 6.45) is 1.96. The van der Waals surface area contributed by atoms with Crippen molar-refractivity contribution in [2.75, 3.05) is 33.5 Å². The van der Waals surface area contributed by atoms with Crippen LogP contribution in [0.5, 0.6) is 0 Å². The van der Waals surface area contributed by atoms with E-state index in [2.05, 4.69) is 31.5 Å². The minimum absolute atomic E-state index is 0.0368. The lowest BCUT2D eigenvalue weighted by Gasteiger charge is -2.36. The summed E-state index contributed by atoms with van der Waals surface area (Å²) in [5, 5.41) is 7.06. The summed E-state index contributed by atoms with van der Waals surface area (Å²) in [5.74, 6) is 0. The van der Waals surface area contributed by atoms with Gasteiger partial charge in [0.15, 0.2) is 0 Å². The van der Waals surface area contributed by atoms with Crippen LogP contribution in [0.25, 0.3) is 0 Å². The number of hydrogen-bond donors (Lipinski definition) is 1. The predicted octanol–water partition coefficient (Wildman–Crippen LogP) is 2.68. The summed E-state index contributed by atoms with van der Waals surface area (Å²) >= 11 is 1.77. The van der Waals surface area contributed by atoms with Gasteiger partial charge >= 0.3 is 0 Å². The molecule has 1 aliphatic heterocycles. The fraction of sp³-hybridized carbons (Fsp3) is 0.800. The van der Waals surface area contributed by atoms with Crippen molar-refractivity contribution in [3.63, 3.8) is 0 Å². The van der Waals surface area contributed by atoms with Crippen LogP contribution in [0.1, 0.15) is 44.3 Å². The lowest BCUT2D eigenvalue weighted by atomic mass is 9.89. The standard InChI is InChI=1S/C15H26N2O2S/c1-14(2,3)12-11-20-13(17-12)15(16-7-10-18-4)5-8-19-9-6-15/h11,16H,5-10H2,1-4H3. The predicted molar refractivity (Wildman–Crippen MR) is 82.4 cm³/mol. The highest BCUT2D eigenvalue weighted by Crippen LogP contribution is 2.36. The van der Waals surface area contributed by atoms with E-state index >= 15 is 0 Å². The van der Waals surface area contributed by atoms with E-state index in [1.54, 1.807) is 18.4 Å². The molecule has 0 aliphatic carbocycles. The highest BCUT2D eigenvalue weighted by Gasteiger charge is 2.37. The second-order valence-electron chi connectivity index (χ2n) is 6.40. The van der Waals surface area contributed by atoms with E-state index in [0.29, 0.717) is 0 Å². The molecular weight excluding hydrogens is 272 g/mol. The minimum atomic E-state index is -0.0368. The van der Waals surface area contributed by atoms with Crippen LogP contribution in [-0.4, -0.2) is 38.5 Å². The Kier molecular flexibility index (Phi) is 5.18. The summed E-state index contributed by atoms with van der Waals surface area (Å²) in [4.78, 5) is 4.92. The molecule has 5 heteroatoms. The Morgan fingerprint density at radius 2 is 2.10 bits per heavy atom. The van der Waals surface area contributed by atoms with E-state index in [1.807, 2.05) is 0 Å². The first-order valence-electron chi connectivity index (χ1n) is 7.26. The van der Waals surface area contributed by atoms with Crippen molar-refractivity contribution >= 4 is 11.3 Å². The molecule has 0 radical (unpaired) electrons. The Balaban J connectivity index is 2.19. The lowest BCUT2D eigenvalue weighted by molar-refractivity contribution is 0.0334. The topological polar surface area (TPSA) is 43.4 Å². The molecule has 20 heavy (non-hydrogen) atoms. The second-order valence-corrected chi connectivity index (χ2v) is 7.26. The van der Waals surface area contributed by atoms with Gasteiger partial charge in [-0.2, -0.15) is 0 Å². The first-order valence-corrected chi connectivity index (χ1v) is 8.14. The van der Waals surface area contributed by atoms with Crippen LogP contribution in [-0.2, 0) is 20.4 Å². The Labute approximate surface area is 125 Å². The SMILES string of the molecule is COCCNC1(c2nc(C(C)(C)C)cs2)CCOCC1. The number of hydrogen-bond acceptors (Lipinski definition) is 5. The summed E-state index contributed by atoms with van der Waals surface area (Å²) in [5.41, 5.74) is 1.25. The molecule has 1 saturated heterocycles. The van der Waals surface area contributed by atoms with E-state index in [-0.39, 0.29) is 11.0 Å². The molecular formula is C15H26N2O2S. The van der Waals surface area contributed by atoms with Gasteiger partial charge in [-0.15, -0.1) is 11.3 Å². The molecule has 0 spiro atoms. The third-order valence-electron chi connectivity index (χ3n) is 3.80. The average molecular weight is 298 g/mol. The van der Waals surface area contributed by atoms with Gasteiger partial charge in [0, 0.05) is 37.7 Å². The zero-order valence-corrected chi connectivity index (χ0v) is 13.8. The summed E-state index contributed by atoms with van der Waals surface area (Å²) in [6, 6.07) is 0. The number of nitrogens with zero attached hydrogens (tertiary/aromatic N) is 1. The Bertz CT molecular complexity index is 420. The van der Waals surface area contributed by atoms with Crippen molar-refractivity contribution in [2.24, 2.45) is 0 Å². The lowest BCUT2D eigenvalue weighted by Crippen LogP contribution is -2.47. The molecule has 1 fully saturated rings. The van der Waals surface area contributed by atoms with Gasteiger partial charge in [-0.3, -0.25) is 0 Å². The molecule has 1 aromatic heterocycles. The van der Waals surface area contributed by atoms with E-state index in [4.69, 9.17) is 14.5 Å². The number of nitrogens with one attached hydrogen (secondary N) is 1. The molecule has 2 rings (SSSR count). The van der Waals surface area contributed by atoms with Crippen LogP contribution >= 0.6 is 11.3 Å². The maximum atomic E-state index is 5.53. The van der Waals surface area contributed by atoms with Crippen molar-refractivity contribution in [1.82, 2.24) is 10.3 Å². The maximum absolute atomic E-state index is 5.53. The van der Waals surface area contributed by atoms with Crippen molar-refractivity contribution in [3.8, 4) is 0 Å². The molecule has 1 N–H and O–H groups in total. The van der Waals surface area contributed by atoms with Gasteiger partial charge in [-0.25, -0.2) is 4.98 Å². The molecule has 1 aliphatic rings. The van der Waals surface area contributed by atoms with Gasteiger partial charge in [-0.1, -0.05) is 20.8 Å². The van der Waals surface area contributed by atoms with Crippen LogP contribution in [0.15, 0.2) is 5.38 Å². The normalized spacial score (nSPS) is 19.2. The van der Waals surface area contributed by atoms with Gasteiger partial charge in [0.25, 0.3) is 0 Å². The first kappa shape index (κ1) is 15.9. The van der Waals surface area contributed by atoms with E-state index < -0.39 is 0 Å². The van der Waals surface area contributed by atoms with Crippen LogP contribution in [0, 0.1) is 0 Å². The van der Waals surface area contributed by atoms with Crippen molar-refractivity contribution in [2.45, 2.75) is 44.6 Å². The quantitative estimate of drug-likeness (QED) is 0.849.